The van der Waals surface area contributed by atoms with Gasteiger partial charge in [0.05, 0.1) is 31.6 Å². The van der Waals surface area contributed by atoms with E-state index in [4.69, 9.17) is 9.47 Å². The molecule has 3 heterocycles. The third kappa shape index (κ3) is 3.62. The van der Waals surface area contributed by atoms with Gasteiger partial charge in [-0.05, 0) is 31.4 Å². The van der Waals surface area contributed by atoms with E-state index in [2.05, 4.69) is 19.2 Å². The van der Waals surface area contributed by atoms with Gasteiger partial charge >= 0.3 is 0 Å². The minimum Gasteiger partial charge on any atom is -0.497 e. The summed E-state index contributed by atoms with van der Waals surface area (Å²) in [5, 5.41) is 3.14. The fourth-order valence-corrected chi connectivity index (χ4v) is 5.04. The van der Waals surface area contributed by atoms with Gasteiger partial charge in [-0.2, -0.15) is 0 Å². The molecule has 1 spiro atoms. The number of carbonyl (C=O) groups is 2. The maximum atomic E-state index is 13.4. The first-order valence-electron chi connectivity index (χ1n) is 11.0. The zero-order chi connectivity index (χ0) is 21.5. The molecule has 0 saturated carbocycles. The SMILES string of the molecule is COc1cccc(N2C[C@]34C=C[C@@H](O3)C(C(=O)NC(C)CCCC(C)C)C4C2=O)c1. The number of anilines is 1. The van der Waals surface area contributed by atoms with Crippen molar-refractivity contribution in [3.05, 3.63) is 36.4 Å². The molecular weight excluding hydrogens is 380 g/mol. The van der Waals surface area contributed by atoms with Crippen LogP contribution in [0.4, 0.5) is 5.69 Å². The Hall–Kier alpha value is -2.34. The predicted molar refractivity (Wildman–Crippen MR) is 115 cm³/mol. The van der Waals surface area contributed by atoms with Gasteiger partial charge in [-0.15, -0.1) is 0 Å². The van der Waals surface area contributed by atoms with Gasteiger partial charge in [-0.1, -0.05) is 44.9 Å². The number of methoxy groups -OCH3 is 1. The van der Waals surface area contributed by atoms with E-state index >= 15 is 0 Å². The van der Waals surface area contributed by atoms with Crippen LogP contribution in [0.3, 0.4) is 0 Å². The standard InChI is InChI=1S/C24H32N2O4/c1-15(2)7-5-8-16(3)25-22(27)20-19-11-12-24(30-19)14-26(23(28)21(20)24)17-9-6-10-18(13-17)29-4/h6,9-13,15-16,19-21H,5,7-8,14H2,1-4H3,(H,25,27)/t16?,19-,20?,21?,24+/m1/s1. The molecule has 0 aromatic heterocycles. The number of carbonyl (C=O) groups excluding carboxylic acids is 2. The van der Waals surface area contributed by atoms with Crippen molar-refractivity contribution in [1.82, 2.24) is 5.32 Å². The summed E-state index contributed by atoms with van der Waals surface area (Å²) in [7, 11) is 1.61. The van der Waals surface area contributed by atoms with Gasteiger partial charge in [-0.25, -0.2) is 0 Å². The second-order valence-corrected chi connectivity index (χ2v) is 9.26. The third-order valence-electron chi connectivity index (χ3n) is 6.58. The highest BCUT2D eigenvalue weighted by molar-refractivity contribution is 6.03. The molecular formula is C24H32N2O4. The topological polar surface area (TPSA) is 67.9 Å². The molecule has 2 saturated heterocycles. The summed E-state index contributed by atoms with van der Waals surface area (Å²) >= 11 is 0. The van der Waals surface area contributed by atoms with Crippen LogP contribution in [-0.2, 0) is 14.3 Å². The fraction of sp³-hybridized carbons (Fsp3) is 0.583. The summed E-state index contributed by atoms with van der Waals surface area (Å²) in [5.41, 5.74) is 0.0538. The number of benzene rings is 1. The highest BCUT2D eigenvalue weighted by Crippen LogP contribution is 2.52. The van der Waals surface area contributed by atoms with Gasteiger partial charge in [-0.3, -0.25) is 9.59 Å². The van der Waals surface area contributed by atoms with Gasteiger partial charge in [0.25, 0.3) is 0 Å². The number of amides is 2. The van der Waals surface area contributed by atoms with Crippen LogP contribution in [0.25, 0.3) is 0 Å². The quantitative estimate of drug-likeness (QED) is 0.665. The summed E-state index contributed by atoms with van der Waals surface area (Å²) < 4.78 is 11.5. The molecule has 5 atom stereocenters. The zero-order valence-corrected chi connectivity index (χ0v) is 18.3. The zero-order valence-electron chi connectivity index (χ0n) is 18.3. The van der Waals surface area contributed by atoms with Crippen LogP contribution in [-0.4, -0.2) is 43.2 Å². The highest BCUT2D eigenvalue weighted by Gasteiger charge is 2.67. The number of hydrogen-bond donors (Lipinski definition) is 1. The minimum atomic E-state index is -0.715. The summed E-state index contributed by atoms with van der Waals surface area (Å²) in [5.74, 6) is 0.264. The molecule has 2 bridgehead atoms. The first-order chi connectivity index (χ1) is 14.3. The molecule has 3 unspecified atom stereocenters. The second kappa shape index (κ2) is 8.06. The molecule has 0 radical (unpaired) electrons. The molecule has 0 aliphatic carbocycles. The van der Waals surface area contributed by atoms with Gasteiger partial charge in [0.1, 0.15) is 11.4 Å². The Morgan fingerprint density at radius 2 is 2.13 bits per heavy atom. The summed E-state index contributed by atoms with van der Waals surface area (Å²) in [6, 6.07) is 7.53. The van der Waals surface area contributed by atoms with Crippen molar-refractivity contribution < 1.29 is 19.1 Å². The lowest BCUT2D eigenvalue weighted by molar-refractivity contribution is -0.132. The monoisotopic (exact) mass is 412 g/mol. The van der Waals surface area contributed by atoms with Gasteiger partial charge in [0.15, 0.2) is 0 Å². The van der Waals surface area contributed by atoms with Gasteiger partial charge < -0.3 is 19.7 Å². The van der Waals surface area contributed by atoms with Crippen LogP contribution < -0.4 is 15.0 Å². The second-order valence-electron chi connectivity index (χ2n) is 9.26. The fourth-order valence-electron chi connectivity index (χ4n) is 5.04. The molecule has 3 aliphatic heterocycles. The number of rotatable bonds is 8. The molecule has 2 amide bonds. The van der Waals surface area contributed by atoms with Crippen molar-refractivity contribution in [2.24, 2.45) is 17.8 Å². The van der Waals surface area contributed by atoms with Crippen LogP contribution in [0.5, 0.6) is 5.75 Å². The summed E-state index contributed by atoms with van der Waals surface area (Å²) in [4.78, 5) is 28.3. The Kier molecular flexibility index (Phi) is 5.62. The number of hydrogen-bond acceptors (Lipinski definition) is 4. The molecule has 4 rings (SSSR count). The van der Waals surface area contributed by atoms with Crippen LogP contribution >= 0.6 is 0 Å². The number of nitrogens with zero attached hydrogens (tertiary/aromatic N) is 1. The Morgan fingerprint density at radius 3 is 2.87 bits per heavy atom. The number of ether oxygens (including phenoxy) is 2. The maximum absolute atomic E-state index is 13.4. The average molecular weight is 413 g/mol. The maximum Gasteiger partial charge on any atom is 0.234 e. The highest BCUT2D eigenvalue weighted by atomic mass is 16.5. The molecule has 1 N–H and O–H groups in total. The van der Waals surface area contributed by atoms with E-state index in [9.17, 15) is 9.59 Å². The van der Waals surface area contributed by atoms with E-state index in [1.54, 1.807) is 12.0 Å². The average Bonchev–Trinajstić information content (AvgIpc) is 3.36. The van der Waals surface area contributed by atoms with Crippen molar-refractivity contribution in [3.63, 3.8) is 0 Å². The van der Waals surface area contributed by atoms with E-state index in [1.165, 1.54) is 0 Å². The molecule has 30 heavy (non-hydrogen) atoms. The summed E-state index contributed by atoms with van der Waals surface area (Å²) in [6.45, 7) is 6.88. The largest absolute Gasteiger partial charge is 0.497 e. The smallest absolute Gasteiger partial charge is 0.234 e. The Balaban J connectivity index is 1.48. The molecule has 3 aliphatic rings. The Bertz CT molecular complexity index is 851. The van der Waals surface area contributed by atoms with Crippen molar-refractivity contribution >= 4 is 17.5 Å². The molecule has 1 aromatic rings. The van der Waals surface area contributed by atoms with E-state index in [1.807, 2.05) is 43.3 Å². The molecule has 6 heteroatoms. The van der Waals surface area contributed by atoms with E-state index in [0.717, 1.165) is 24.9 Å². The van der Waals surface area contributed by atoms with Gasteiger partial charge in [0.2, 0.25) is 11.8 Å². The lowest BCUT2D eigenvalue weighted by Gasteiger charge is -2.25. The van der Waals surface area contributed by atoms with Crippen molar-refractivity contribution in [1.29, 1.82) is 0 Å². The van der Waals surface area contributed by atoms with Crippen LogP contribution in [0.2, 0.25) is 0 Å². The lowest BCUT2D eigenvalue weighted by atomic mass is 9.76. The predicted octanol–water partition coefficient (Wildman–Crippen LogP) is 3.31. The lowest BCUT2D eigenvalue weighted by Crippen LogP contribution is -2.46. The minimum absolute atomic E-state index is 0.0530. The van der Waals surface area contributed by atoms with Crippen LogP contribution in [0.1, 0.15) is 40.0 Å². The van der Waals surface area contributed by atoms with E-state index in [0.29, 0.717) is 18.2 Å². The molecule has 1 aromatic carbocycles. The molecule has 2 fully saturated rings. The van der Waals surface area contributed by atoms with E-state index < -0.39 is 17.4 Å². The third-order valence-corrected chi connectivity index (χ3v) is 6.58. The summed E-state index contributed by atoms with van der Waals surface area (Å²) in [6.07, 6.45) is 6.78. The Morgan fingerprint density at radius 1 is 1.33 bits per heavy atom. The van der Waals surface area contributed by atoms with E-state index in [-0.39, 0.29) is 24.0 Å². The first-order valence-corrected chi connectivity index (χ1v) is 11.0. The van der Waals surface area contributed by atoms with Gasteiger partial charge in [0, 0.05) is 17.8 Å². The van der Waals surface area contributed by atoms with Crippen LogP contribution in [0, 0.1) is 17.8 Å². The number of nitrogens with one attached hydrogen (secondary N) is 1. The number of fused-ring (bicyclic) bond motifs is 1. The van der Waals surface area contributed by atoms with Crippen molar-refractivity contribution in [3.8, 4) is 5.75 Å². The molecule has 162 valence electrons. The Labute approximate surface area is 178 Å². The van der Waals surface area contributed by atoms with Crippen molar-refractivity contribution in [2.45, 2.75) is 57.8 Å². The first kappa shape index (κ1) is 20.9. The van der Waals surface area contributed by atoms with Crippen LogP contribution in [0.15, 0.2) is 36.4 Å². The normalized spacial score (nSPS) is 30.1. The van der Waals surface area contributed by atoms with Crippen molar-refractivity contribution in [2.75, 3.05) is 18.6 Å². The molecule has 6 nitrogen and oxygen atoms in total.